The minimum absolute atomic E-state index is 0.205. The Kier molecular flexibility index (Phi) is 2.81. The summed E-state index contributed by atoms with van der Waals surface area (Å²) in [5.41, 5.74) is 0.837. The van der Waals surface area contributed by atoms with E-state index in [1.807, 2.05) is 4.40 Å². The lowest BCUT2D eigenvalue weighted by atomic mass is 9.96. The Bertz CT molecular complexity index is 514. The molecule has 1 saturated heterocycles. The van der Waals surface area contributed by atoms with Crippen molar-refractivity contribution in [3.8, 4) is 0 Å². The van der Waals surface area contributed by atoms with Gasteiger partial charge in [0.15, 0.2) is 0 Å². The number of halogens is 1. The van der Waals surface area contributed by atoms with Crippen LogP contribution in [-0.4, -0.2) is 22.5 Å². The van der Waals surface area contributed by atoms with Crippen molar-refractivity contribution < 1.29 is 4.39 Å². The van der Waals surface area contributed by atoms with E-state index in [-0.39, 0.29) is 5.82 Å². The Labute approximate surface area is 99.7 Å². The van der Waals surface area contributed by atoms with Crippen LogP contribution in [0, 0.1) is 11.7 Å². The van der Waals surface area contributed by atoms with Gasteiger partial charge in [0, 0.05) is 12.6 Å². The van der Waals surface area contributed by atoms with Crippen LogP contribution in [0.1, 0.15) is 18.7 Å². The normalized spacial score (nSPS) is 20.9. The third-order valence-corrected chi connectivity index (χ3v) is 3.44. The van der Waals surface area contributed by atoms with Gasteiger partial charge in [-0.3, -0.25) is 0 Å². The quantitative estimate of drug-likeness (QED) is 0.859. The Balaban J connectivity index is 1.84. The molecule has 3 nitrogen and oxygen atoms in total. The van der Waals surface area contributed by atoms with Crippen molar-refractivity contribution in [3.63, 3.8) is 0 Å². The highest BCUT2D eigenvalue weighted by Gasteiger charge is 2.16. The number of aromatic nitrogens is 2. The highest BCUT2D eigenvalue weighted by atomic mass is 19.1. The molecule has 0 radical (unpaired) electrons. The standard InChI is InChI=1S/C13H16FN3/c14-11-3-5-17-12(7-11)9-16-13(17)6-10-2-1-4-15-8-10/h3,5,7,9-10,15H,1-2,4,6,8H2. The molecule has 0 saturated carbocycles. The van der Waals surface area contributed by atoms with Gasteiger partial charge in [-0.15, -0.1) is 0 Å². The summed E-state index contributed by atoms with van der Waals surface area (Å²) in [6.07, 6.45) is 6.97. The molecule has 17 heavy (non-hydrogen) atoms. The molecule has 1 N–H and O–H groups in total. The Morgan fingerprint density at radius 3 is 3.29 bits per heavy atom. The molecule has 0 spiro atoms. The largest absolute Gasteiger partial charge is 0.316 e. The van der Waals surface area contributed by atoms with Crippen LogP contribution in [0.15, 0.2) is 24.5 Å². The third kappa shape index (κ3) is 2.17. The van der Waals surface area contributed by atoms with E-state index in [2.05, 4.69) is 10.3 Å². The van der Waals surface area contributed by atoms with Gasteiger partial charge in [0.05, 0.1) is 11.7 Å². The maximum atomic E-state index is 13.1. The molecular weight excluding hydrogens is 217 g/mol. The molecule has 1 aliphatic rings. The average Bonchev–Trinajstić information content (AvgIpc) is 2.73. The van der Waals surface area contributed by atoms with Crippen LogP contribution in [0.25, 0.3) is 5.52 Å². The molecule has 0 bridgehead atoms. The lowest BCUT2D eigenvalue weighted by Crippen LogP contribution is -2.31. The van der Waals surface area contributed by atoms with E-state index in [0.717, 1.165) is 30.9 Å². The van der Waals surface area contributed by atoms with Gasteiger partial charge < -0.3 is 9.72 Å². The van der Waals surface area contributed by atoms with Gasteiger partial charge in [-0.05, 0) is 44.0 Å². The fourth-order valence-electron chi connectivity index (χ4n) is 2.54. The molecule has 90 valence electrons. The predicted octanol–water partition coefficient (Wildman–Crippen LogP) is 2.02. The first kappa shape index (κ1) is 10.7. The molecule has 1 unspecified atom stereocenters. The van der Waals surface area contributed by atoms with Gasteiger partial charge >= 0.3 is 0 Å². The smallest absolute Gasteiger partial charge is 0.126 e. The van der Waals surface area contributed by atoms with E-state index >= 15 is 0 Å². The molecule has 1 aliphatic heterocycles. The monoisotopic (exact) mass is 233 g/mol. The fraction of sp³-hybridized carbons (Fsp3) is 0.462. The predicted molar refractivity (Wildman–Crippen MR) is 64.4 cm³/mol. The summed E-state index contributed by atoms with van der Waals surface area (Å²) in [5, 5.41) is 3.41. The minimum atomic E-state index is -0.205. The SMILES string of the molecule is Fc1ccn2c(CC3CCCNC3)ncc2c1. The van der Waals surface area contributed by atoms with Crippen molar-refractivity contribution in [2.45, 2.75) is 19.3 Å². The second kappa shape index (κ2) is 4.45. The summed E-state index contributed by atoms with van der Waals surface area (Å²) in [6.45, 7) is 2.19. The number of rotatable bonds is 2. The lowest BCUT2D eigenvalue weighted by Gasteiger charge is -2.21. The van der Waals surface area contributed by atoms with E-state index in [4.69, 9.17) is 0 Å². The van der Waals surface area contributed by atoms with Crippen molar-refractivity contribution in [1.29, 1.82) is 0 Å². The molecule has 3 heterocycles. The van der Waals surface area contributed by atoms with Crippen LogP contribution >= 0.6 is 0 Å². The number of imidazole rings is 1. The van der Waals surface area contributed by atoms with Crippen LogP contribution < -0.4 is 5.32 Å². The first-order valence-electron chi connectivity index (χ1n) is 6.15. The molecule has 0 amide bonds. The number of fused-ring (bicyclic) bond motifs is 1. The van der Waals surface area contributed by atoms with E-state index < -0.39 is 0 Å². The minimum Gasteiger partial charge on any atom is -0.316 e. The number of pyridine rings is 1. The zero-order chi connectivity index (χ0) is 11.7. The summed E-state index contributed by atoms with van der Waals surface area (Å²) < 4.78 is 15.0. The molecule has 2 aromatic heterocycles. The van der Waals surface area contributed by atoms with Crippen molar-refractivity contribution in [2.24, 2.45) is 5.92 Å². The van der Waals surface area contributed by atoms with Crippen molar-refractivity contribution in [3.05, 3.63) is 36.2 Å². The highest BCUT2D eigenvalue weighted by Crippen LogP contribution is 2.17. The van der Waals surface area contributed by atoms with Crippen molar-refractivity contribution >= 4 is 5.52 Å². The topological polar surface area (TPSA) is 29.3 Å². The van der Waals surface area contributed by atoms with Crippen LogP contribution in [0.2, 0.25) is 0 Å². The highest BCUT2D eigenvalue weighted by molar-refractivity contribution is 5.46. The summed E-state index contributed by atoms with van der Waals surface area (Å²) in [6, 6.07) is 3.01. The van der Waals surface area contributed by atoms with Gasteiger partial charge in [-0.25, -0.2) is 9.37 Å². The second-order valence-electron chi connectivity index (χ2n) is 4.73. The summed E-state index contributed by atoms with van der Waals surface area (Å²) in [5.74, 6) is 1.48. The van der Waals surface area contributed by atoms with E-state index in [9.17, 15) is 4.39 Å². The van der Waals surface area contributed by atoms with Crippen molar-refractivity contribution in [1.82, 2.24) is 14.7 Å². The third-order valence-electron chi connectivity index (χ3n) is 3.44. The molecular formula is C13H16FN3. The van der Waals surface area contributed by atoms with Gasteiger partial charge in [0.2, 0.25) is 0 Å². The van der Waals surface area contributed by atoms with E-state index in [1.165, 1.54) is 25.0 Å². The Morgan fingerprint density at radius 1 is 1.53 bits per heavy atom. The molecule has 1 atom stereocenters. The van der Waals surface area contributed by atoms with Crippen LogP contribution in [0.5, 0.6) is 0 Å². The summed E-state index contributed by atoms with van der Waals surface area (Å²) in [7, 11) is 0. The Morgan fingerprint density at radius 2 is 2.47 bits per heavy atom. The van der Waals surface area contributed by atoms with Gasteiger partial charge in [0.1, 0.15) is 11.6 Å². The first-order valence-corrected chi connectivity index (χ1v) is 6.15. The summed E-state index contributed by atoms with van der Waals surface area (Å²) >= 11 is 0. The molecule has 4 heteroatoms. The van der Waals surface area contributed by atoms with E-state index in [1.54, 1.807) is 12.4 Å². The van der Waals surface area contributed by atoms with E-state index in [0.29, 0.717) is 5.92 Å². The number of hydrogen-bond donors (Lipinski definition) is 1. The van der Waals surface area contributed by atoms with Gasteiger partial charge in [-0.2, -0.15) is 0 Å². The molecule has 3 rings (SSSR count). The number of nitrogens with one attached hydrogen (secondary N) is 1. The molecule has 2 aromatic rings. The second-order valence-corrected chi connectivity index (χ2v) is 4.73. The summed E-state index contributed by atoms with van der Waals surface area (Å²) in [4.78, 5) is 4.40. The average molecular weight is 233 g/mol. The fourth-order valence-corrected chi connectivity index (χ4v) is 2.54. The molecule has 0 aliphatic carbocycles. The van der Waals surface area contributed by atoms with Crippen LogP contribution in [0.3, 0.4) is 0 Å². The van der Waals surface area contributed by atoms with Gasteiger partial charge in [-0.1, -0.05) is 0 Å². The van der Waals surface area contributed by atoms with Crippen LogP contribution in [0.4, 0.5) is 4.39 Å². The van der Waals surface area contributed by atoms with Gasteiger partial charge in [0.25, 0.3) is 0 Å². The molecule has 0 aromatic carbocycles. The number of hydrogen-bond acceptors (Lipinski definition) is 2. The number of nitrogens with zero attached hydrogens (tertiary/aromatic N) is 2. The number of piperidine rings is 1. The first-order chi connectivity index (χ1) is 8.33. The zero-order valence-electron chi connectivity index (χ0n) is 9.69. The maximum absolute atomic E-state index is 13.1. The Hall–Kier alpha value is -1.42. The molecule has 1 fully saturated rings. The van der Waals surface area contributed by atoms with Crippen LogP contribution in [-0.2, 0) is 6.42 Å². The lowest BCUT2D eigenvalue weighted by molar-refractivity contribution is 0.370. The maximum Gasteiger partial charge on any atom is 0.126 e. The van der Waals surface area contributed by atoms with Crippen molar-refractivity contribution in [2.75, 3.05) is 13.1 Å². The zero-order valence-corrected chi connectivity index (χ0v) is 9.69.